The number of rotatable bonds is 2. The van der Waals surface area contributed by atoms with Gasteiger partial charge in [-0.15, -0.1) is 0 Å². The third-order valence-corrected chi connectivity index (χ3v) is 5.50. The minimum Gasteiger partial charge on any atom is -0.392 e. The molecule has 1 heterocycles. The van der Waals surface area contributed by atoms with Crippen LogP contribution in [0.2, 0.25) is 0 Å². The molecule has 0 radical (unpaired) electrons. The van der Waals surface area contributed by atoms with Gasteiger partial charge in [-0.2, -0.15) is 0 Å². The second kappa shape index (κ2) is 4.57. The number of hydrogen-bond acceptors (Lipinski definition) is 3. The van der Waals surface area contributed by atoms with Crippen LogP contribution in [0.1, 0.15) is 40.0 Å². The Labute approximate surface area is 116 Å². The first-order valence-electron chi connectivity index (χ1n) is 7.48. The van der Waals surface area contributed by atoms with Crippen molar-refractivity contribution in [1.29, 1.82) is 0 Å². The Morgan fingerprint density at radius 3 is 2.74 bits per heavy atom. The van der Waals surface area contributed by atoms with Gasteiger partial charge in [0, 0.05) is 13.0 Å². The van der Waals surface area contributed by atoms with Crippen molar-refractivity contribution in [2.45, 2.75) is 52.4 Å². The van der Waals surface area contributed by atoms with E-state index in [9.17, 15) is 5.11 Å². The fraction of sp³-hybridized carbons (Fsp3) is 0.875. The largest absolute Gasteiger partial charge is 0.392 e. The van der Waals surface area contributed by atoms with Crippen molar-refractivity contribution < 1.29 is 14.6 Å². The average molecular weight is 266 g/mol. The molecular formula is C16H26O3. The van der Waals surface area contributed by atoms with E-state index < -0.39 is 0 Å². The van der Waals surface area contributed by atoms with Crippen molar-refractivity contribution in [3.8, 4) is 0 Å². The summed E-state index contributed by atoms with van der Waals surface area (Å²) >= 11 is 0. The van der Waals surface area contributed by atoms with E-state index in [0.29, 0.717) is 17.3 Å². The summed E-state index contributed by atoms with van der Waals surface area (Å²) in [4.78, 5) is 0. The summed E-state index contributed by atoms with van der Waals surface area (Å²) in [6.07, 6.45) is 3.48. The number of aliphatic hydroxyl groups is 1. The van der Waals surface area contributed by atoms with Gasteiger partial charge >= 0.3 is 0 Å². The van der Waals surface area contributed by atoms with Crippen LogP contribution in [0.25, 0.3) is 0 Å². The lowest BCUT2D eigenvalue weighted by Gasteiger charge is -2.29. The standard InChI is InChI=1S/C16H26O3/c1-9-11-6-16(2,3)7-12(11)13(8-17)10-5-14(9)19-15(10)18-4/h9-11,14-15,17H,5-8H2,1-4H3/t9-,10-,11-,14+,15-/m1/s1. The SMILES string of the molecule is CO[C@@H]1O[C@H]2C[C@@H]1C(CO)=C1CC(C)(C)C[C@@H]1[C@H]2C. The molecule has 1 saturated carbocycles. The summed E-state index contributed by atoms with van der Waals surface area (Å²) in [6, 6.07) is 0. The predicted molar refractivity (Wildman–Crippen MR) is 73.6 cm³/mol. The highest BCUT2D eigenvalue weighted by Crippen LogP contribution is 2.55. The van der Waals surface area contributed by atoms with Gasteiger partial charge in [0.25, 0.3) is 0 Å². The summed E-state index contributed by atoms with van der Waals surface area (Å²) < 4.78 is 11.6. The van der Waals surface area contributed by atoms with Gasteiger partial charge < -0.3 is 14.6 Å². The molecule has 2 aliphatic carbocycles. The fourth-order valence-corrected chi connectivity index (χ4v) is 4.56. The molecule has 0 unspecified atom stereocenters. The summed E-state index contributed by atoms with van der Waals surface area (Å²) in [6.45, 7) is 7.15. The van der Waals surface area contributed by atoms with E-state index in [0.717, 1.165) is 12.8 Å². The second-order valence-corrected chi connectivity index (χ2v) is 7.34. The van der Waals surface area contributed by atoms with Crippen LogP contribution in [0.15, 0.2) is 11.1 Å². The highest BCUT2D eigenvalue weighted by molar-refractivity contribution is 5.30. The first-order chi connectivity index (χ1) is 8.96. The van der Waals surface area contributed by atoms with E-state index in [2.05, 4.69) is 20.8 Å². The smallest absolute Gasteiger partial charge is 0.164 e. The first-order valence-corrected chi connectivity index (χ1v) is 7.48. The number of aliphatic hydroxyl groups excluding tert-OH is 1. The number of hydrogen-bond donors (Lipinski definition) is 1. The molecule has 3 nitrogen and oxygen atoms in total. The van der Waals surface area contributed by atoms with Gasteiger partial charge in [-0.3, -0.25) is 0 Å². The maximum atomic E-state index is 9.88. The van der Waals surface area contributed by atoms with Gasteiger partial charge in [0.1, 0.15) is 0 Å². The molecule has 3 aliphatic rings. The molecule has 1 N–H and O–H groups in total. The number of allylic oxidation sites excluding steroid dienone is 1. The van der Waals surface area contributed by atoms with Gasteiger partial charge in [0.2, 0.25) is 0 Å². The van der Waals surface area contributed by atoms with Crippen LogP contribution in [0.4, 0.5) is 0 Å². The summed E-state index contributed by atoms with van der Waals surface area (Å²) in [5, 5.41) is 9.88. The van der Waals surface area contributed by atoms with Crippen LogP contribution in [0.3, 0.4) is 0 Å². The van der Waals surface area contributed by atoms with Crippen molar-refractivity contribution in [1.82, 2.24) is 0 Å². The van der Waals surface area contributed by atoms with Gasteiger partial charge in [-0.25, -0.2) is 0 Å². The summed E-state index contributed by atoms with van der Waals surface area (Å²) in [5.74, 6) is 1.38. The van der Waals surface area contributed by atoms with Crippen molar-refractivity contribution in [2.75, 3.05) is 13.7 Å². The molecule has 0 aromatic rings. The van der Waals surface area contributed by atoms with E-state index in [-0.39, 0.29) is 24.9 Å². The molecular weight excluding hydrogens is 240 g/mol. The van der Waals surface area contributed by atoms with Gasteiger partial charge in [-0.1, -0.05) is 26.3 Å². The quantitative estimate of drug-likeness (QED) is 0.781. The van der Waals surface area contributed by atoms with E-state index in [4.69, 9.17) is 9.47 Å². The molecule has 1 saturated heterocycles. The van der Waals surface area contributed by atoms with E-state index in [1.807, 2.05) is 0 Å². The molecule has 2 bridgehead atoms. The molecule has 0 aromatic heterocycles. The maximum absolute atomic E-state index is 9.88. The third kappa shape index (κ3) is 2.07. The van der Waals surface area contributed by atoms with Crippen LogP contribution in [0.5, 0.6) is 0 Å². The number of ether oxygens (including phenoxy) is 2. The monoisotopic (exact) mass is 266 g/mol. The average Bonchev–Trinajstić information content (AvgIpc) is 2.88. The van der Waals surface area contributed by atoms with Crippen molar-refractivity contribution in [2.24, 2.45) is 23.2 Å². The molecule has 19 heavy (non-hydrogen) atoms. The third-order valence-electron chi connectivity index (χ3n) is 5.50. The highest BCUT2D eigenvalue weighted by atomic mass is 16.7. The van der Waals surface area contributed by atoms with Crippen LogP contribution in [0, 0.1) is 23.2 Å². The zero-order chi connectivity index (χ0) is 13.8. The minimum atomic E-state index is -0.160. The first kappa shape index (κ1) is 13.6. The molecule has 3 heteroatoms. The molecule has 0 amide bonds. The Bertz CT molecular complexity index is 399. The fourth-order valence-electron chi connectivity index (χ4n) is 4.56. The van der Waals surface area contributed by atoms with Crippen molar-refractivity contribution >= 4 is 0 Å². The second-order valence-electron chi connectivity index (χ2n) is 7.34. The normalized spacial score (nSPS) is 44.4. The Morgan fingerprint density at radius 1 is 1.37 bits per heavy atom. The Balaban J connectivity index is 2.04. The van der Waals surface area contributed by atoms with Gasteiger partial charge in [0.15, 0.2) is 6.29 Å². The Kier molecular flexibility index (Phi) is 3.27. The van der Waals surface area contributed by atoms with Crippen molar-refractivity contribution in [3.63, 3.8) is 0 Å². The lowest BCUT2D eigenvalue weighted by Crippen LogP contribution is -2.29. The highest BCUT2D eigenvalue weighted by Gasteiger charge is 2.50. The van der Waals surface area contributed by atoms with E-state index >= 15 is 0 Å². The topological polar surface area (TPSA) is 38.7 Å². The number of fused-ring (bicyclic) bond motifs is 3. The van der Waals surface area contributed by atoms with Crippen LogP contribution in [-0.2, 0) is 9.47 Å². The van der Waals surface area contributed by atoms with Crippen molar-refractivity contribution in [3.05, 3.63) is 11.1 Å². The molecule has 0 aromatic carbocycles. The molecule has 1 aliphatic heterocycles. The zero-order valence-electron chi connectivity index (χ0n) is 12.5. The van der Waals surface area contributed by atoms with Crippen LogP contribution >= 0.6 is 0 Å². The van der Waals surface area contributed by atoms with E-state index in [1.54, 1.807) is 7.11 Å². The summed E-state index contributed by atoms with van der Waals surface area (Å²) in [7, 11) is 1.71. The molecule has 108 valence electrons. The Hall–Kier alpha value is -0.380. The van der Waals surface area contributed by atoms with Crippen LogP contribution < -0.4 is 0 Å². The predicted octanol–water partition coefficient (Wildman–Crippen LogP) is 2.74. The lowest BCUT2D eigenvalue weighted by atomic mass is 9.83. The summed E-state index contributed by atoms with van der Waals surface area (Å²) in [5.41, 5.74) is 3.08. The maximum Gasteiger partial charge on any atom is 0.164 e. The molecule has 3 rings (SSSR count). The van der Waals surface area contributed by atoms with Crippen LogP contribution in [-0.4, -0.2) is 31.2 Å². The van der Waals surface area contributed by atoms with Gasteiger partial charge in [0.05, 0.1) is 12.7 Å². The molecule has 0 spiro atoms. The zero-order valence-corrected chi connectivity index (χ0v) is 12.5. The minimum absolute atomic E-state index is 0.160. The lowest BCUT2D eigenvalue weighted by molar-refractivity contribution is -0.141. The Morgan fingerprint density at radius 2 is 2.11 bits per heavy atom. The number of methoxy groups -OCH3 is 1. The van der Waals surface area contributed by atoms with Gasteiger partial charge in [-0.05, 0) is 42.1 Å². The van der Waals surface area contributed by atoms with E-state index in [1.165, 1.54) is 17.6 Å². The molecule has 5 atom stereocenters. The molecule has 2 fully saturated rings.